The smallest absolute Gasteiger partial charge is 0.251 e. The molecule has 0 spiro atoms. The first-order valence-electron chi connectivity index (χ1n) is 8.70. The van der Waals surface area contributed by atoms with Gasteiger partial charge in [-0.15, -0.1) is 0 Å². The molecule has 1 N–H and O–H groups in total. The van der Waals surface area contributed by atoms with Crippen molar-refractivity contribution in [2.45, 2.75) is 44.2 Å². The second kappa shape index (κ2) is 6.89. The number of nitrogens with zero attached hydrogens (tertiary/aromatic N) is 2. The van der Waals surface area contributed by atoms with Crippen LogP contribution >= 0.6 is 0 Å². The molecule has 0 saturated heterocycles. The van der Waals surface area contributed by atoms with Gasteiger partial charge in [-0.25, -0.2) is 12.7 Å². The fourth-order valence-electron chi connectivity index (χ4n) is 3.19. The molecule has 1 aliphatic carbocycles. The standard InChI is InChI=1S/C19H25N3O3S/c1-13-11-16(14(2)22(13)17-7-8-17)12-20-19(23)15-5-9-18(10-6-15)26(24,25)21(3)4/h5-6,9-11,17H,7-8,12H2,1-4H3,(H,20,23). The molecule has 0 radical (unpaired) electrons. The molecule has 3 rings (SSSR count). The summed E-state index contributed by atoms with van der Waals surface area (Å²) >= 11 is 0. The van der Waals surface area contributed by atoms with E-state index in [0.717, 1.165) is 9.87 Å². The summed E-state index contributed by atoms with van der Waals surface area (Å²) in [7, 11) is -0.525. The lowest BCUT2D eigenvalue weighted by Crippen LogP contribution is -2.24. The summed E-state index contributed by atoms with van der Waals surface area (Å²) in [6.07, 6.45) is 2.45. The number of carbonyl (C=O) groups excluding carboxylic acids is 1. The summed E-state index contributed by atoms with van der Waals surface area (Å²) in [5, 5.41) is 2.92. The zero-order valence-electron chi connectivity index (χ0n) is 15.6. The van der Waals surface area contributed by atoms with Gasteiger partial charge in [-0.1, -0.05) is 0 Å². The first-order chi connectivity index (χ1) is 12.2. The van der Waals surface area contributed by atoms with Gasteiger partial charge < -0.3 is 9.88 Å². The van der Waals surface area contributed by atoms with Gasteiger partial charge in [-0.2, -0.15) is 0 Å². The Kier molecular flexibility index (Phi) is 4.94. The van der Waals surface area contributed by atoms with E-state index in [1.807, 2.05) is 0 Å². The second-order valence-electron chi connectivity index (χ2n) is 6.99. The van der Waals surface area contributed by atoms with Gasteiger partial charge in [-0.05, 0) is 62.6 Å². The van der Waals surface area contributed by atoms with Crippen molar-refractivity contribution in [3.8, 4) is 0 Å². The number of hydrogen-bond acceptors (Lipinski definition) is 3. The van der Waals surface area contributed by atoms with Crippen LogP contribution in [0.4, 0.5) is 0 Å². The van der Waals surface area contributed by atoms with E-state index in [9.17, 15) is 13.2 Å². The van der Waals surface area contributed by atoms with Crippen molar-refractivity contribution in [1.29, 1.82) is 0 Å². The zero-order chi connectivity index (χ0) is 19.1. The van der Waals surface area contributed by atoms with Gasteiger partial charge in [0.1, 0.15) is 0 Å². The van der Waals surface area contributed by atoms with Crippen LogP contribution in [0.3, 0.4) is 0 Å². The van der Waals surface area contributed by atoms with Gasteiger partial charge in [0, 0.05) is 43.6 Å². The lowest BCUT2D eigenvalue weighted by atomic mass is 10.2. The van der Waals surface area contributed by atoms with Crippen molar-refractivity contribution in [3.63, 3.8) is 0 Å². The van der Waals surface area contributed by atoms with Gasteiger partial charge in [0.25, 0.3) is 5.91 Å². The molecule has 1 amide bonds. The van der Waals surface area contributed by atoms with Gasteiger partial charge in [0.15, 0.2) is 0 Å². The third-order valence-corrected chi connectivity index (χ3v) is 6.66. The average molecular weight is 375 g/mol. The van der Waals surface area contributed by atoms with Gasteiger partial charge >= 0.3 is 0 Å². The quantitative estimate of drug-likeness (QED) is 0.844. The van der Waals surface area contributed by atoms with E-state index in [2.05, 4.69) is 29.8 Å². The minimum Gasteiger partial charge on any atom is -0.348 e. The van der Waals surface area contributed by atoms with Crippen molar-refractivity contribution in [2.24, 2.45) is 0 Å². The number of amides is 1. The number of benzene rings is 1. The number of carbonyl (C=O) groups is 1. The van der Waals surface area contributed by atoms with Crippen LogP contribution in [0.2, 0.25) is 0 Å². The SMILES string of the molecule is Cc1cc(CNC(=O)c2ccc(S(=O)(=O)N(C)C)cc2)c(C)n1C1CC1. The fourth-order valence-corrected chi connectivity index (χ4v) is 4.09. The van der Waals surface area contributed by atoms with Crippen LogP contribution in [0.5, 0.6) is 0 Å². The summed E-state index contributed by atoms with van der Waals surface area (Å²) in [6.45, 7) is 4.65. The molecular formula is C19H25N3O3S. The highest BCUT2D eigenvalue weighted by Gasteiger charge is 2.27. The topological polar surface area (TPSA) is 71.4 Å². The van der Waals surface area contributed by atoms with Crippen LogP contribution in [0.15, 0.2) is 35.2 Å². The molecule has 140 valence electrons. The molecule has 26 heavy (non-hydrogen) atoms. The first kappa shape index (κ1) is 18.7. The zero-order valence-corrected chi connectivity index (χ0v) is 16.4. The minimum absolute atomic E-state index is 0.173. The van der Waals surface area contributed by atoms with E-state index in [0.29, 0.717) is 18.2 Å². The Bertz CT molecular complexity index is 924. The number of nitrogens with one attached hydrogen (secondary N) is 1. The molecule has 1 aromatic heterocycles. The number of sulfonamides is 1. The molecular weight excluding hydrogens is 350 g/mol. The Morgan fingerprint density at radius 2 is 1.81 bits per heavy atom. The highest BCUT2D eigenvalue weighted by molar-refractivity contribution is 7.89. The Morgan fingerprint density at radius 1 is 1.19 bits per heavy atom. The normalized spacial score (nSPS) is 14.7. The van der Waals surface area contributed by atoms with E-state index in [-0.39, 0.29) is 10.8 Å². The summed E-state index contributed by atoms with van der Waals surface area (Å²) < 4.78 is 27.7. The monoisotopic (exact) mass is 375 g/mol. The van der Waals surface area contributed by atoms with Crippen molar-refractivity contribution in [3.05, 3.63) is 52.8 Å². The molecule has 1 heterocycles. The third-order valence-electron chi connectivity index (χ3n) is 4.84. The first-order valence-corrected chi connectivity index (χ1v) is 10.1. The molecule has 0 bridgehead atoms. The number of aryl methyl sites for hydroxylation is 1. The van der Waals surface area contributed by atoms with Crippen LogP contribution in [-0.4, -0.2) is 37.3 Å². The molecule has 0 unspecified atom stereocenters. The van der Waals surface area contributed by atoms with Gasteiger partial charge in [0.05, 0.1) is 4.90 Å². The predicted octanol–water partition coefficient (Wildman–Crippen LogP) is 2.62. The Morgan fingerprint density at radius 3 is 2.35 bits per heavy atom. The van der Waals surface area contributed by atoms with E-state index in [1.165, 1.54) is 50.5 Å². The maximum absolute atomic E-state index is 12.4. The average Bonchev–Trinajstić information content (AvgIpc) is 3.38. The molecule has 1 saturated carbocycles. The maximum atomic E-state index is 12.4. The summed E-state index contributed by atoms with van der Waals surface area (Å²) in [6, 6.07) is 8.75. The van der Waals surface area contributed by atoms with Gasteiger partial charge in [0.2, 0.25) is 10.0 Å². The van der Waals surface area contributed by atoms with Crippen LogP contribution in [0.1, 0.15) is 46.2 Å². The Labute approximate surface area is 154 Å². The summed E-state index contributed by atoms with van der Waals surface area (Å²) in [5.74, 6) is -0.213. The van der Waals surface area contributed by atoms with Crippen molar-refractivity contribution in [1.82, 2.24) is 14.2 Å². The van der Waals surface area contributed by atoms with Crippen molar-refractivity contribution >= 4 is 15.9 Å². The number of hydrogen-bond donors (Lipinski definition) is 1. The lowest BCUT2D eigenvalue weighted by Gasteiger charge is -2.12. The molecule has 7 heteroatoms. The summed E-state index contributed by atoms with van der Waals surface area (Å²) in [5.41, 5.74) is 4.00. The largest absolute Gasteiger partial charge is 0.348 e. The predicted molar refractivity (Wildman–Crippen MR) is 101 cm³/mol. The van der Waals surface area contributed by atoms with Crippen molar-refractivity contribution < 1.29 is 13.2 Å². The van der Waals surface area contributed by atoms with E-state index in [1.54, 1.807) is 12.1 Å². The van der Waals surface area contributed by atoms with Crippen LogP contribution in [0.25, 0.3) is 0 Å². The Balaban J connectivity index is 1.68. The van der Waals surface area contributed by atoms with E-state index >= 15 is 0 Å². The third kappa shape index (κ3) is 3.54. The maximum Gasteiger partial charge on any atom is 0.251 e. The molecule has 0 atom stereocenters. The molecule has 1 fully saturated rings. The molecule has 1 aromatic carbocycles. The minimum atomic E-state index is -3.49. The highest BCUT2D eigenvalue weighted by atomic mass is 32.2. The lowest BCUT2D eigenvalue weighted by molar-refractivity contribution is 0.0950. The van der Waals surface area contributed by atoms with Gasteiger partial charge in [-0.3, -0.25) is 4.79 Å². The molecule has 2 aromatic rings. The van der Waals surface area contributed by atoms with E-state index < -0.39 is 10.0 Å². The number of aromatic nitrogens is 1. The molecule has 0 aliphatic heterocycles. The highest BCUT2D eigenvalue weighted by Crippen LogP contribution is 2.38. The Hall–Kier alpha value is -2.12. The van der Waals surface area contributed by atoms with Crippen LogP contribution in [-0.2, 0) is 16.6 Å². The fraction of sp³-hybridized carbons (Fsp3) is 0.421. The van der Waals surface area contributed by atoms with E-state index in [4.69, 9.17) is 0 Å². The second-order valence-corrected chi connectivity index (χ2v) is 9.14. The van der Waals surface area contributed by atoms with Crippen LogP contribution < -0.4 is 5.32 Å². The molecule has 1 aliphatic rings. The van der Waals surface area contributed by atoms with Crippen LogP contribution in [0, 0.1) is 13.8 Å². The summed E-state index contributed by atoms with van der Waals surface area (Å²) in [4.78, 5) is 12.6. The molecule has 6 nitrogen and oxygen atoms in total. The van der Waals surface area contributed by atoms with Crippen molar-refractivity contribution in [2.75, 3.05) is 14.1 Å². The number of rotatable bonds is 6.